The monoisotopic (exact) mass is 455 g/mol. The first-order chi connectivity index (χ1) is 15.3. The van der Waals surface area contributed by atoms with Crippen LogP contribution in [0.2, 0.25) is 0 Å². The van der Waals surface area contributed by atoms with Gasteiger partial charge in [-0.2, -0.15) is 0 Å². The van der Waals surface area contributed by atoms with Gasteiger partial charge in [0, 0.05) is 42.2 Å². The summed E-state index contributed by atoms with van der Waals surface area (Å²) in [5.41, 5.74) is 4.57. The molecule has 2 nitrogen and oxygen atoms in total. The van der Waals surface area contributed by atoms with Gasteiger partial charge in [0.25, 0.3) is 0 Å². The molecule has 0 fully saturated rings. The quantitative estimate of drug-likeness (QED) is 0.265. The van der Waals surface area contributed by atoms with E-state index in [1.165, 1.54) is 36.2 Å². The summed E-state index contributed by atoms with van der Waals surface area (Å²) >= 11 is 5.20. The molecule has 5 heteroatoms. The van der Waals surface area contributed by atoms with Crippen LogP contribution in [-0.2, 0) is 0 Å². The molecule has 6 aromatic rings. The second kappa shape index (κ2) is 7.61. The van der Waals surface area contributed by atoms with Crippen LogP contribution in [0.5, 0.6) is 5.06 Å². The van der Waals surface area contributed by atoms with Crippen molar-refractivity contribution in [2.24, 2.45) is 0 Å². The van der Waals surface area contributed by atoms with Crippen LogP contribution in [0.4, 0.5) is 0 Å². The van der Waals surface area contributed by atoms with E-state index in [1.807, 2.05) is 6.07 Å². The summed E-state index contributed by atoms with van der Waals surface area (Å²) in [7, 11) is 1.76. The zero-order valence-corrected chi connectivity index (χ0v) is 19.1. The number of thiazole rings is 1. The van der Waals surface area contributed by atoms with Crippen molar-refractivity contribution in [1.29, 1.82) is 0 Å². The normalized spacial score (nSPS) is 11.4. The molecule has 0 N–H and O–H groups in total. The van der Waals surface area contributed by atoms with Crippen molar-refractivity contribution in [2.45, 2.75) is 0 Å². The number of fused-ring (bicyclic) bond motifs is 2. The highest BCUT2D eigenvalue weighted by Gasteiger charge is 2.24. The topological polar surface area (TPSA) is 22.1 Å². The van der Waals surface area contributed by atoms with Crippen LogP contribution in [0.3, 0.4) is 0 Å². The van der Waals surface area contributed by atoms with E-state index in [4.69, 9.17) is 9.72 Å². The zero-order chi connectivity index (χ0) is 20.8. The van der Waals surface area contributed by atoms with E-state index in [0.717, 1.165) is 21.3 Å². The Bertz CT molecular complexity index is 1520. The lowest BCUT2D eigenvalue weighted by Gasteiger charge is -2.06. The SMILES string of the molecule is COc1sc2ccccc2c1-c1c(-c2csc(-c3ccccc3)n2)sc2ccccc12. The van der Waals surface area contributed by atoms with Crippen LogP contribution in [0.15, 0.2) is 84.2 Å². The maximum atomic E-state index is 5.87. The lowest BCUT2D eigenvalue weighted by atomic mass is 10.00. The van der Waals surface area contributed by atoms with Crippen LogP contribution in [0.1, 0.15) is 0 Å². The van der Waals surface area contributed by atoms with Crippen molar-refractivity contribution in [1.82, 2.24) is 4.98 Å². The third-order valence-corrected chi connectivity index (χ3v) is 8.57. The van der Waals surface area contributed by atoms with E-state index in [0.29, 0.717) is 0 Å². The molecular formula is C26H17NOS3. The Labute approximate surface area is 192 Å². The fourth-order valence-corrected chi connectivity index (χ4v) is 7.05. The first-order valence-electron chi connectivity index (χ1n) is 9.92. The number of benzene rings is 3. The average Bonchev–Trinajstić information content (AvgIpc) is 3.54. The molecule has 31 heavy (non-hydrogen) atoms. The first-order valence-corrected chi connectivity index (χ1v) is 12.4. The molecule has 0 atom stereocenters. The van der Waals surface area contributed by atoms with E-state index >= 15 is 0 Å². The molecule has 0 aliphatic rings. The molecule has 0 saturated carbocycles. The molecule has 6 rings (SSSR count). The number of rotatable bonds is 4. The molecule has 3 aromatic carbocycles. The minimum absolute atomic E-state index is 0.949. The van der Waals surface area contributed by atoms with E-state index in [1.54, 1.807) is 41.1 Å². The number of nitrogens with zero attached hydrogens (tertiary/aromatic N) is 1. The first kappa shape index (κ1) is 18.8. The van der Waals surface area contributed by atoms with Gasteiger partial charge in [0.05, 0.1) is 17.7 Å². The summed E-state index contributed by atoms with van der Waals surface area (Å²) in [4.78, 5) is 6.24. The Morgan fingerprint density at radius 1 is 0.710 bits per heavy atom. The van der Waals surface area contributed by atoms with Gasteiger partial charge in [-0.05, 0) is 12.1 Å². The molecule has 3 heterocycles. The third-order valence-electron chi connectivity index (χ3n) is 5.35. The van der Waals surface area contributed by atoms with Gasteiger partial charge in [-0.1, -0.05) is 78.1 Å². The highest BCUT2D eigenvalue weighted by molar-refractivity contribution is 7.24. The lowest BCUT2D eigenvalue weighted by molar-refractivity contribution is 0.429. The van der Waals surface area contributed by atoms with E-state index < -0.39 is 0 Å². The predicted octanol–water partition coefficient (Wildman–Crippen LogP) is 8.58. The number of ether oxygens (including phenoxy) is 1. The van der Waals surface area contributed by atoms with Crippen LogP contribution < -0.4 is 4.74 Å². The minimum Gasteiger partial charge on any atom is -0.487 e. The number of hydrogen-bond acceptors (Lipinski definition) is 5. The van der Waals surface area contributed by atoms with Gasteiger partial charge < -0.3 is 4.74 Å². The standard InChI is InChI=1S/C26H17NOS3/c1-28-26-23(18-12-6-8-14-21(18)31-26)22-17-11-5-7-13-20(17)30-24(22)19-15-29-25(27-19)16-9-3-2-4-10-16/h2-15H,1H3. The van der Waals surface area contributed by atoms with E-state index in [2.05, 4.69) is 78.2 Å². The van der Waals surface area contributed by atoms with Crippen LogP contribution >= 0.6 is 34.0 Å². The highest BCUT2D eigenvalue weighted by Crippen LogP contribution is 2.52. The second-order valence-electron chi connectivity index (χ2n) is 7.17. The van der Waals surface area contributed by atoms with Gasteiger partial charge >= 0.3 is 0 Å². The summed E-state index contributed by atoms with van der Waals surface area (Å²) in [6.45, 7) is 0. The largest absolute Gasteiger partial charge is 0.487 e. The van der Waals surface area contributed by atoms with Gasteiger partial charge in [-0.3, -0.25) is 0 Å². The smallest absolute Gasteiger partial charge is 0.182 e. The number of methoxy groups -OCH3 is 1. The van der Waals surface area contributed by atoms with Crippen LogP contribution in [-0.4, -0.2) is 12.1 Å². The van der Waals surface area contributed by atoms with Gasteiger partial charge in [-0.25, -0.2) is 4.98 Å². The zero-order valence-electron chi connectivity index (χ0n) is 16.7. The van der Waals surface area contributed by atoms with Crippen molar-refractivity contribution in [3.63, 3.8) is 0 Å². The van der Waals surface area contributed by atoms with Crippen molar-refractivity contribution >= 4 is 54.2 Å². The van der Waals surface area contributed by atoms with Crippen LogP contribution in [0.25, 0.3) is 52.4 Å². The molecule has 0 spiro atoms. The molecule has 0 radical (unpaired) electrons. The Balaban J connectivity index is 1.64. The number of aromatic nitrogens is 1. The molecule has 150 valence electrons. The molecule has 0 saturated heterocycles. The van der Waals surface area contributed by atoms with Crippen molar-refractivity contribution in [3.8, 4) is 37.3 Å². The summed E-state index contributed by atoms with van der Waals surface area (Å²) in [5, 5.41) is 6.65. The molecule has 0 amide bonds. The molecular weight excluding hydrogens is 438 g/mol. The van der Waals surface area contributed by atoms with Gasteiger partial charge in [0.1, 0.15) is 5.01 Å². The summed E-state index contributed by atoms with van der Waals surface area (Å²) in [6.07, 6.45) is 0. The summed E-state index contributed by atoms with van der Waals surface area (Å²) < 4.78 is 8.37. The Morgan fingerprint density at radius 2 is 1.35 bits per heavy atom. The Hall–Kier alpha value is -2.99. The Morgan fingerprint density at radius 3 is 2.10 bits per heavy atom. The molecule has 0 bridgehead atoms. The van der Waals surface area contributed by atoms with Crippen molar-refractivity contribution < 1.29 is 4.74 Å². The van der Waals surface area contributed by atoms with Gasteiger partial charge in [0.2, 0.25) is 0 Å². The van der Waals surface area contributed by atoms with Crippen molar-refractivity contribution in [3.05, 3.63) is 84.2 Å². The van der Waals surface area contributed by atoms with E-state index in [-0.39, 0.29) is 0 Å². The van der Waals surface area contributed by atoms with E-state index in [9.17, 15) is 0 Å². The van der Waals surface area contributed by atoms with Crippen molar-refractivity contribution in [2.75, 3.05) is 7.11 Å². The molecule has 0 aliphatic heterocycles. The third kappa shape index (κ3) is 3.08. The molecule has 0 aliphatic carbocycles. The van der Waals surface area contributed by atoms with Gasteiger partial charge in [0.15, 0.2) is 5.06 Å². The summed E-state index contributed by atoms with van der Waals surface area (Å²) in [6, 6.07) is 27.5. The van der Waals surface area contributed by atoms with Gasteiger partial charge in [-0.15, -0.1) is 22.7 Å². The lowest BCUT2D eigenvalue weighted by Crippen LogP contribution is -1.85. The Kier molecular flexibility index (Phi) is 4.60. The number of hydrogen-bond donors (Lipinski definition) is 0. The number of thiophene rings is 2. The predicted molar refractivity (Wildman–Crippen MR) is 136 cm³/mol. The average molecular weight is 456 g/mol. The molecule has 0 unspecified atom stereocenters. The summed E-state index contributed by atoms with van der Waals surface area (Å²) in [5.74, 6) is 0. The van der Waals surface area contributed by atoms with Crippen LogP contribution in [0, 0.1) is 0 Å². The maximum Gasteiger partial charge on any atom is 0.182 e. The fourth-order valence-electron chi connectivity index (χ4n) is 3.97. The maximum absolute atomic E-state index is 5.87. The fraction of sp³-hybridized carbons (Fsp3) is 0.0385. The molecule has 3 aromatic heterocycles. The highest BCUT2D eigenvalue weighted by atomic mass is 32.1. The minimum atomic E-state index is 0.949. The second-order valence-corrected chi connectivity index (χ2v) is 10.1.